The monoisotopic (exact) mass is 234 g/mol. The lowest BCUT2D eigenvalue weighted by atomic mass is 10.1. The van der Waals surface area contributed by atoms with E-state index in [1.807, 2.05) is 13.8 Å². The summed E-state index contributed by atoms with van der Waals surface area (Å²) in [7, 11) is 0. The number of hydrogen-bond acceptors (Lipinski definition) is 4. The van der Waals surface area contributed by atoms with Crippen molar-refractivity contribution >= 4 is 11.0 Å². The summed E-state index contributed by atoms with van der Waals surface area (Å²) in [6, 6.07) is 4.50. The van der Waals surface area contributed by atoms with E-state index in [9.17, 15) is 9.90 Å². The van der Waals surface area contributed by atoms with Gasteiger partial charge in [-0.2, -0.15) is 0 Å². The van der Waals surface area contributed by atoms with Crippen LogP contribution in [0.15, 0.2) is 27.4 Å². The average Bonchev–Trinajstić information content (AvgIpc) is 2.22. The minimum Gasteiger partial charge on any atom is -0.507 e. The van der Waals surface area contributed by atoms with Gasteiger partial charge in [0, 0.05) is 5.56 Å². The van der Waals surface area contributed by atoms with Crippen molar-refractivity contribution in [2.75, 3.05) is 0 Å². The van der Waals surface area contributed by atoms with Crippen LogP contribution in [0.5, 0.6) is 11.5 Å². The fourth-order valence-electron chi connectivity index (χ4n) is 1.71. The molecule has 4 nitrogen and oxygen atoms in total. The number of benzene rings is 1. The average molecular weight is 234 g/mol. The van der Waals surface area contributed by atoms with Crippen LogP contribution in [0, 0.1) is 6.92 Å². The number of aryl methyl sites for hydroxylation is 1. The van der Waals surface area contributed by atoms with Gasteiger partial charge in [0.25, 0.3) is 0 Å². The first-order valence-electron chi connectivity index (χ1n) is 5.42. The van der Waals surface area contributed by atoms with E-state index in [-0.39, 0.29) is 11.9 Å². The Labute approximate surface area is 98.4 Å². The Bertz CT molecular complexity index is 611. The first-order chi connectivity index (χ1) is 7.99. The van der Waals surface area contributed by atoms with Crippen molar-refractivity contribution in [1.82, 2.24) is 0 Å². The zero-order valence-electron chi connectivity index (χ0n) is 9.98. The van der Waals surface area contributed by atoms with Gasteiger partial charge in [0.15, 0.2) is 0 Å². The molecule has 0 saturated heterocycles. The van der Waals surface area contributed by atoms with Crippen molar-refractivity contribution in [3.8, 4) is 11.5 Å². The predicted octanol–water partition coefficient (Wildman–Crippen LogP) is 2.59. The van der Waals surface area contributed by atoms with Crippen LogP contribution in [-0.4, -0.2) is 11.2 Å². The Morgan fingerprint density at radius 3 is 2.71 bits per heavy atom. The first kappa shape index (κ1) is 11.5. The highest BCUT2D eigenvalue weighted by molar-refractivity contribution is 5.86. The van der Waals surface area contributed by atoms with Crippen molar-refractivity contribution in [2.24, 2.45) is 0 Å². The van der Waals surface area contributed by atoms with Crippen molar-refractivity contribution in [2.45, 2.75) is 26.9 Å². The molecule has 0 amide bonds. The van der Waals surface area contributed by atoms with Crippen LogP contribution in [0.2, 0.25) is 0 Å². The molecule has 0 spiro atoms. The van der Waals surface area contributed by atoms with Crippen molar-refractivity contribution in [3.63, 3.8) is 0 Å². The molecule has 90 valence electrons. The summed E-state index contributed by atoms with van der Waals surface area (Å²) in [5, 5.41) is 10.2. The molecule has 0 atom stereocenters. The summed E-state index contributed by atoms with van der Waals surface area (Å²) in [5.74, 6) is 0.580. The summed E-state index contributed by atoms with van der Waals surface area (Å²) >= 11 is 0. The lowest BCUT2D eigenvalue weighted by Crippen LogP contribution is -2.07. The lowest BCUT2D eigenvalue weighted by molar-refractivity contribution is 0.241. The highest BCUT2D eigenvalue weighted by atomic mass is 16.5. The van der Waals surface area contributed by atoms with E-state index in [0.29, 0.717) is 22.3 Å². The summed E-state index contributed by atoms with van der Waals surface area (Å²) in [6.45, 7) is 5.63. The molecule has 0 fully saturated rings. The third-order valence-corrected chi connectivity index (χ3v) is 2.45. The molecule has 2 rings (SSSR count). The van der Waals surface area contributed by atoms with E-state index >= 15 is 0 Å². The van der Waals surface area contributed by atoms with E-state index in [1.165, 1.54) is 0 Å². The SMILES string of the molecule is Cc1c(OC(C)C)ccc2c(O)cc(=O)oc12. The fourth-order valence-corrected chi connectivity index (χ4v) is 1.71. The number of aromatic hydroxyl groups is 1. The highest BCUT2D eigenvalue weighted by Gasteiger charge is 2.11. The Morgan fingerprint density at radius 2 is 2.06 bits per heavy atom. The van der Waals surface area contributed by atoms with Gasteiger partial charge in [-0.05, 0) is 32.9 Å². The number of hydrogen-bond donors (Lipinski definition) is 1. The minimum atomic E-state index is -0.570. The zero-order valence-corrected chi connectivity index (χ0v) is 9.98. The van der Waals surface area contributed by atoms with Gasteiger partial charge in [-0.1, -0.05) is 0 Å². The van der Waals surface area contributed by atoms with E-state index in [0.717, 1.165) is 6.07 Å². The molecule has 0 saturated carbocycles. The Morgan fingerprint density at radius 1 is 1.35 bits per heavy atom. The largest absolute Gasteiger partial charge is 0.507 e. The Balaban J connectivity index is 2.70. The smallest absolute Gasteiger partial charge is 0.339 e. The molecule has 4 heteroatoms. The molecule has 17 heavy (non-hydrogen) atoms. The Kier molecular flexibility index (Phi) is 2.79. The quantitative estimate of drug-likeness (QED) is 0.811. The molecule has 1 heterocycles. The van der Waals surface area contributed by atoms with Gasteiger partial charge in [-0.3, -0.25) is 0 Å². The van der Waals surface area contributed by atoms with Gasteiger partial charge in [0.2, 0.25) is 0 Å². The van der Waals surface area contributed by atoms with Gasteiger partial charge in [0.1, 0.15) is 17.1 Å². The van der Waals surface area contributed by atoms with Crippen LogP contribution in [-0.2, 0) is 0 Å². The van der Waals surface area contributed by atoms with Crippen molar-refractivity contribution < 1.29 is 14.3 Å². The van der Waals surface area contributed by atoms with Gasteiger partial charge in [-0.15, -0.1) is 0 Å². The van der Waals surface area contributed by atoms with E-state index in [1.54, 1.807) is 19.1 Å². The summed E-state index contributed by atoms with van der Waals surface area (Å²) in [4.78, 5) is 11.2. The maximum absolute atomic E-state index is 11.2. The normalized spacial score (nSPS) is 11.1. The standard InChI is InChI=1S/C13H14O4/c1-7(2)16-11-5-4-9-10(14)6-12(15)17-13(9)8(11)3/h4-7,14H,1-3H3. The number of rotatable bonds is 2. The van der Waals surface area contributed by atoms with E-state index < -0.39 is 5.63 Å². The fraction of sp³-hybridized carbons (Fsp3) is 0.308. The van der Waals surface area contributed by atoms with Gasteiger partial charge in [0.05, 0.1) is 17.6 Å². The van der Waals surface area contributed by atoms with Gasteiger partial charge >= 0.3 is 5.63 Å². The third-order valence-electron chi connectivity index (χ3n) is 2.45. The molecule has 0 unspecified atom stereocenters. The molecular formula is C13H14O4. The molecule has 0 radical (unpaired) electrons. The second-order valence-electron chi connectivity index (χ2n) is 4.18. The van der Waals surface area contributed by atoms with Gasteiger partial charge in [-0.25, -0.2) is 4.79 Å². The number of fused-ring (bicyclic) bond motifs is 1. The molecule has 0 aliphatic carbocycles. The second-order valence-corrected chi connectivity index (χ2v) is 4.18. The second kappa shape index (κ2) is 4.13. The summed E-state index contributed by atoms with van der Waals surface area (Å²) in [5.41, 5.74) is 0.511. The molecule has 1 N–H and O–H groups in total. The van der Waals surface area contributed by atoms with E-state index in [4.69, 9.17) is 9.15 Å². The predicted molar refractivity (Wildman–Crippen MR) is 64.6 cm³/mol. The maximum atomic E-state index is 11.2. The lowest BCUT2D eigenvalue weighted by Gasteiger charge is -2.13. The maximum Gasteiger partial charge on any atom is 0.339 e. The van der Waals surface area contributed by atoms with Crippen LogP contribution < -0.4 is 10.4 Å². The van der Waals surface area contributed by atoms with E-state index in [2.05, 4.69) is 0 Å². The Hall–Kier alpha value is -1.97. The summed E-state index contributed by atoms with van der Waals surface area (Å²) in [6.07, 6.45) is 0.0372. The van der Waals surface area contributed by atoms with Gasteiger partial charge < -0.3 is 14.3 Å². The molecular weight excluding hydrogens is 220 g/mol. The van der Waals surface area contributed by atoms with Crippen LogP contribution in [0.25, 0.3) is 11.0 Å². The van der Waals surface area contributed by atoms with Crippen molar-refractivity contribution in [1.29, 1.82) is 0 Å². The molecule has 2 aromatic rings. The highest BCUT2D eigenvalue weighted by Crippen LogP contribution is 2.31. The summed E-state index contributed by atoms with van der Waals surface area (Å²) < 4.78 is 10.7. The molecule has 0 aliphatic heterocycles. The van der Waals surface area contributed by atoms with Crippen LogP contribution in [0.4, 0.5) is 0 Å². The molecule has 1 aromatic carbocycles. The molecule has 0 aliphatic rings. The number of ether oxygens (including phenoxy) is 1. The van der Waals surface area contributed by atoms with Crippen LogP contribution in [0.1, 0.15) is 19.4 Å². The molecule has 1 aromatic heterocycles. The van der Waals surface area contributed by atoms with Crippen LogP contribution in [0.3, 0.4) is 0 Å². The third kappa shape index (κ3) is 2.11. The topological polar surface area (TPSA) is 59.7 Å². The zero-order chi connectivity index (χ0) is 12.6. The van der Waals surface area contributed by atoms with Crippen LogP contribution >= 0.6 is 0 Å². The minimum absolute atomic E-state index is 0.0372. The molecule has 0 bridgehead atoms. The first-order valence-corrected chi connectivity index (χ1v) is 5.42. The van der Waals surface area contributed by atoms with Crippen molar-refractivity contribution in [3.05, 3.63) is 34.2 Å².